The Morgan fingerprint density at radius 2 is 1.83 bits per heavy atom. The van der Waals surface area contributed by atoms with Crippen LogP contribution in [0, 0.1) is 0 Å². The summed E-state index contributed by atoms with van der Waals surface area (Å²) in [6, 6.07) is 5.49. The topological polar surface area (TPSA) is 120 Å². The highest BCUT2D eigenvalue weighted by Gasteiger charge is 2.14. The van der Waals surface area contributed by atoms with Crippen molar-refractivity contribution in [2.75, 3.05) is 34.0 Å². The summed E-state index contributed by atoms with van der Waals surface area (Å²) in [5.74, 6) is -0.329. The van der Waals surface area contributed by atoms with E-state index in [0.717, 1.165) is 5.56 Å². The van der Waals surface area contributed by atoms with Crippen LogP contribution in [0.2, 0.25) is 0 Å². The Hall–Kier alpha value is -1.23. The van der Waals surface area contributed by atoms with Crippen molar-refractivity contribution < 1.29 is 22.7 Å². The Balaban J connectivity index is 0.00000529. The lowest BCUT2D eigenvalue weighted by Crippen LogP contribution is -2.43. The van der Waals surface area contributed by atoms with E-state index >= 15 is 0 Å². The number of carbonyl (C=O) groups is 1. The molecule has 0 bridgehead atoms. The highest BCUT2D eigenvalue weighted by Crippen LogP contribution is 2.10. The van der Waals surface area contributed by atoms with E-state index in [1.165, 1.54) is 26.4 Å². The van der Waals surface area contributed by atoms with Crippen molar-refractivity contribution in [3.05, 3.63) is 29.8 Å². The van der Waals surface area contributed by atoms with Gasteiger partial charge in [0.05, 0.1) is 18.1 Å². The summed E-state index contributed by atoms with van der Waals surface area (Å²) in [5.41, 5.74) is 6.36. The summed E-state index contributed by atoms with van der Waals surface area (Å²) in [6.07, 6.45) is 0. The number of hydrogen-bond donors (Lipinski definition) is 3. The minimum atomic E-state index is -3.56. The van der Waals surface area contributed by atoms with Gasteiger partial charge in [-0.05, 0) is 17.7 Å². The molecule has 1 unspecified atom stereocenters. The Kier molecular flexibility index (Phi) is 10.8. The van der Waals surface area contributed by atoms with Crippen LogP contribution in [-0.4, -0.2) is 54.3 Å². The molecule has 0 aromatic heterocycles. The van der Waals surface area contributed by atoms with Crippen LogP contribution in [0.1, 0.15) is 5.56 Å². The van der Waals surface area contributed by atoms with Crippen LogP contribution in [0.4, 0.5) is 0 Å². The second-order valence-electron chi connectivity index (χ2n) is 4.81. The van der Waals surface area contributed by atoms with Gasteiger partial charge in [0.15, 0.2) is 0 Å². The Labute approximate surface area is 148 Å². The molecule has 0 aliphatic rings. The van der Waals surface area contributed by atoms with Crippen molar-refractivity contribution in [1.82, 2.24) is 10.0 Å². The molecule has 0 radical (unpaired) electrons. The molecule has 24 heavy (non-hydrogen) atoms. The second-order valence-corrected chi connectivity index (χ2v) is 6.58. The first-order valence-electron chi connectivity index (χ1n) is 7.00. The summed E-state index contributed by atoms with van der Waals surface area (Å²) in [4.78, 5) is 11.8. The van der Waals surface area contributed by atoms with E-state index in [2.05, 4.69) is 10.0 Å². The van der Waals surface area contributed by atoms with Crippen molar-refractivity contribution in [3.63, 3.8) is 0 Å². The van der Waals surface area contributed by atoms with Gasteiger partial charge in [-0.1, -0.05) is 12.1 Å². The Morgan fingerprint density at radius 1 is 1.21 bits per heavy atom. The van der Waals surface area contributed by atoms with Crippen LogP contribution in [0.25, 0.3) is 0 Å². The summed E-state index contributed by atoms with van der Waals surface area (Å²) in [6.45, 7) is 0.892. The molecule has 1 rings (SSSR count). The molecule has 1 aromatic rings. The number of amides is 1. The van der Waals surface area contributed by atoms with Crippen molar-refractivity contribution >= 4 is 28.3 Å². The van der Waals surface area contributed by atoms with Crippen LogP contribution >= 0.6 is 12.4 Å². The molecular formula is C14H24ClN3O5S. The fraction of sp³-hybridized carbons (Fsp3) is 0.500. The molecule has 1 aromatic carbocycles. The predicted octanol–water partition coefficient (Wildman–Crippen LogP) is -0.377. The van der Waals surface area contributed by atoms with Crippen LogP contribution in [0.15, 0.2) is 29.2 Å². The maximum Gasteiger partial charge on any atom is 0.240 e. The number of nitrogens with two attached hydrogens (primary N) is 1. The molecule has 0 aliphatic carbocycles. The van der Waals surface area contributed by atoms with E-state index in [1.807, 2.05) is 0 Å². The maximum absolute atomic E-state index is 12.0. The summed E-state index contributed by atoms with van der Waals surface area (Å²) >= 11 is 0. The zero-order chi connectivity index (χ0) is 17.3. The van der Waals surface area contributed by atoms with Gasteiger partial charge in [0.25, 0.3) is 0 Å². The SMILES string of the molecule is COCCNS(=O)(=O)c1ccc(CNC(=O)C(N)COC)cc1.Cl. The highest BCUT2D eigenvalue weighted by atomic mass is 35.5. The molecule has 10 heteroatoms. The largest absolute Gasteiger partial charge is 0.383 e. The average Bonchev–Trinajstić information content (AvgIpc) is 2.53. The van der Waals surface area contributed by atoms with E-state index in [0.29, 0.717) is 6.61 Å². The third-order valence-electron chi connectivity index (χ3n) is 2.98. The molecule has 138 valence electrons. The molecule has 1 atom stereocenters. The molecule has 1 amide bonds. The summed E-state index contributed by atoms with van der Waals surface area (Å²) < 4.78 is 36.0. The van der Waals surface area contributed by atoms with E-state index in [9.17, 15) is 13.2 Å². The first-order chi connectivity index (χ1) is 10.9. The third kappa shape index (κ3) is 7.56. The van der Waals surface area contributed by atoms with Gasteiger partial charge in [-0.15, -0.1) is 12.4 Å². The van der Waals surface area contributed by atoms with Crippen LogP contribution < -0.4 is 15.8 Å². The molecule has 0 heterocycles. The van der Waals surface area contributed by atoms with Gasteiger partial charge in [0.2, 0.25) is 15.9 Å². The lowest BCUT2D eigenvalue weighted by atomic mass is 10.2. The fourth-order valence-electron chi connectivity index (χ4n) is 1.72. The number of halogens is 1. The van der Waals surface area contributed by atoms with Gasteiger partial charge in [0, 0.05) is 27.3 Å². The molecule has 8 nitrogen and oxygen atoms in total. The number of ether oxygens (including phenoxy) is 2. The molecule has 0 saturated carbocycles. The zero-order valence-electron chi connectivity index (χ0n) is 13.7. The van der Waals surface area contributed by atoms with E-state index in [-0.39, 0.29) is 42.9 Å². The van der Waals surface area contributed by atoms with Gasteiger partial charge in [-0.3, -0.25) is 4.79 Å². The minimum absolute atomic E-state index is 0. The van der Waals surface area contributed by atoms with Crippen LogP contribution in [0.3, 0.4) is 0 Å². The van der Waals surface area contributed by atoms with Crippen molar-refractivity contribution in [1.29, 1.82) is 0 Å². The van der Waals surface area contributed by atoms with Gasteiger partial charge >= 0.3 is 0 Å². The number of nitrogens with one attached hydrogen (secondary N) is 2. The number of sulfonamides is 1. The lowest BCUT2D eigenvalue weighted by Gasteiger charge is -2.11. The molecule has 0 spiro atoms. The summed E-state index contributed by atoms with van der Waals surface area (Å²) in [5, 5.41) is 2.66. The van der Waals surface area contributed by atoms with Crippen LogP contribution in [0.5, 0.6) is 0 Å². The van der Waals surface area contributed by atoms with Crippen molar-refractivity contribution in [3.8, 4) is 0 Å². The monoisotopic (exact) mass is 381 g/mol. The summed E-state index contributed by atoms with van der Waals surface area (Å²) in [7, 11) is -0.594. The number of methoxy groups -OCH3 is 2. The third-order valence-corrected chi connectivity index (χ3v) is 4.46. The molecular weight excluding hydrogens is 358 g/mol. The quantitative estimate of drug-likeness (QED) is 0.475. The fourth-order valence-corrected chi connectivity index (χ4v) is 2.74. The van der Waals surface area contributed by atoms with E-state index in [1.54, 1.807) is 12.1 Å². The zero-order valence-corrected chi connectivity index (χ0v) is 15.3. The number of carbonyl (C=O) groups excluding carboxylic acids is 1. The van der Waals surface area contributed by atoms with Gasteiger partial charge in [0.1, 0.15) is 6.04 Å². The van der Waals surface area contributed by atoms with E-state index in [4.69, 9.17) is 15.2 Å². The van der Waals surface area contributed by atoms with E-state index < -0.39 is 16.1 Å². The highest BCUT2D eigenvalue weighted by molar-refractivity contribution is 7.89. The molecule has 4 N–H and O–H groups in total. The first kappa shape index (κ1) is 22.8. The molecule has 0 aliphatic heterocycles. The predicted molar refractivity (Wildman–Crippen MR) is 92.5 cm³/mol. The molecule has 0 fully saturated rings. The standard InChI is InChI=1S/C14H23N3O5S.ClH/c1-21-8-7-17-23(19,20)12-5-3-11(4-6-12)9-16-14(18)13(15)10-22-2;/h3-6,13,17H,7-10,15H2,1-2H3,(H,16,18);1H. The Morgan fingerprint density at radius 3 is 2.38 bits per heavy atom. The normalized spacial score (nSPS) is 12.3. The second kappa shape index (κ2) is 11.3. The first-order valence-corrected chi connectivity index (χ1v) is 8.49. The van der Waals surface area contributed by atoms with Crippen molar-refractivity contribution in [2.24, 2.45) is 5.73 Å². The lowest BCUT2D eigenvalue weighted by molar-refractivity contribution is -0.123. The Bertz CT molecular complexity index is 595. The molecule has 0 saturated heterocycles. The average molecular weight is 382 g/mol. The number of hydrogen-bond acceptors (Lipinski definition) is 6. The maximum atomic E-state index is 12.0. The van der Waals surface area contributed by atoms with Crippen molar-refractivity contribution in [2.45, 2.75) is 17.5 Å². The minimum Gasteiger partial charge on any atom is -0.383 e. The smallest absolute Gasteiger partial charge is 0.240 e. The van der Waals surface area contributed by atoms with Gasteiger partial charge in [-0.25, -0.2) is 13.1 Å². The van der Waals surface area contributed by atoms with Gasteiger partial charge in [-0.2, -0.15) is 0 Å². The number of rotatable bonds is 10. The van der Waals surface area contributed by atoms with Gasteiger partial charge < -0.3 is 20.5 Å². The number of benzene rings is 1. The van der Waals surface area contributed by atoms with Crippen LogP contribution in [-0.2, 0) is 30.8 Å².